The summed E-state index contributed by atoms with van der Waals surface area (Å²) in [6.07, 6.45) is 3.87. The first kappa shape index (κ1) is 6.05. The van der Waals surface area contributed by atoms with Gasteiger partial charge in [-0.2, -0.15) is 0 Å². The summed E-state index contributed by atoms with van der Waals surface area (Å²) in [5.74, 6) is 0. The third-order valence-electron chi connectivity index (χ3n) is 1.81. The molecule has 2 N–H and O–H groups in total. The SMILES string of the molecule is COC1CCC[C@@H]1N. The third-order valence-corrected chi connectivity index (χ3v) is 1.81. The Hall–Kier alpha value is -0.0800. The minimum atomic E-state index is 0.306. The maximum absolute atomic E-state index is 5.66. The Morgan fingerprint density at radius 1 is 1.50 bits per heavy atom. The van der Waals surface area contributed by atoms with Crippen LogP contribution >= 0.6 is 0 Å². The summed E-state index contributed by atoms with van der Waals surface area (Å²) in [5, 5.41) is 0. The lowest BCUT2D eigenvalue weighted by Gasteiger charge is -2.11. The predicted octanol–water partition coefficient (Wildman–Crippen LogP) is 0.513. The Morgan fingerprint density at radius 2 is 2.25 bits per heavy atom. The number of hydrogen-bond donors (Lipinski definition) is 1. The molecular weight excluding hydrogens is 102 g/mol. The Kier molecular flexibility index (Phi) is 1.86. The smallest absolute Gasteiger partial charge is 0.0722 e. The van der Waals surface area contributed by atoms with Gasteiger partial charge in [0.15, 0.2) is 0 Å². The fourth-order valence-corrected chi connectivity index (χ4v) is 1.25. The zero-order chi connectivity index (χ0) is 5.98. The van der Waals surface area contributed by atoms with E-state index in [9.17, 15) is 0 Å². The second kappa shape index (κ2) is 2.46. The molecule has 1 fully saturated rings. The van der Waals surface area contributed by atoms with Gasteiger partial charge in [0.1, 0.15) is 0 Å². The molecule has 1 aliphatic rings. The standard InChI is InChI=1S/C6H13NO/c1-8-6-4-2-3-5(6)7/h5-6H,2-4,7H2,1H3/t5-,6?/m0/s1. The highest BCUT2D eigenvalue weighted by Crippen LogP contribution is 2.18. The molecule has 0 radical (unpaired) electrons. The monoisotopic (exact) mass is 115 g/mol. The summed E-state index contributed by atoms with van der Waals surface area (Å²) < 4.78 is 5.10. The van der Waals surface area contributed by atoms with Crippen molar-refractivity contribution in [2.75, 3.05) is 7.11 Å². The molecule has 2 heteroatoms. The summed E-state index contributed by atoms with van der Waals surface area (Å²) in [4.78, 5) is 0. The molecule has 0 amide bonds. The molecular formula is C6H13NO. The van der Waals surface area contributed by atoms with Crippen molar-refractivity contribution in [2.24, 2.45) is 5.73 Å². The predicted molar refractivity (Wildman–Crippen MR) is 32.6 cm³/mol. The van der Waals surface area contributed by atoms with Gasteiger partial charge in [-0.1, -0.05) is 0 Å². The van der Waals surface area contributed by atoms with Crippen LogP contribution in [0.1, 0.15) is 19.3 Å². The molecule has 0 bridgehead atoms. The third kappa shape index (κ3) is 1.01. The first-order valence-corrected chi connectivity index (χ1v) is 3.13. The van der Waals surface area contributed by atoms with Gasteiger partial charge >= 0.3 is 0 Å². The van der Waals surface area contributed by atoms with Crippen LogP contribution in [0.5, 0.6) is 0 Å². The Bertz CT molecular complexity index is 74.9. The maximum atomic E-state index is 5.66. The van der Waals surface area contributed by atoms with Gasteiger partial charge in [-0.05, 0) is 19.3 Å². The van der Waals surface area contributed by atoms with Gasteiger partial charge in [0.2, 0.25) is 0 Å². The van der Waals surface area contributed by atoms with E-state index in [4.69, 9.17) is 10.5 Å². The van der Waals surface area contributed by atoms with Crippen LogP contribution in [0.4, 0.5) is 0 Å². The Labute approximate surface area is 50.0 Å². The van der Waals surface area contributed by atoms with E-state index in [-0.39, 0.29) is 0 Å². The summed E-state index contributed by atoms with van der Waals surface area (Å²) in [6, 6.07) is 0.306. The van der Waals surface area contributed by atoms with Crippen molar-refractivity contribution >= 4 is 0 Å². The summed E-state index contributed by atoms with van der Waals surface area (Å²) in [5.41, 5.74) is 5.66. The lowest BCUT2D eigenvalue weighted by molar-refractivity contribution is 0.0960. The van der Waals surface area contributed by atoms with Crippen LogP contribution in [0.15, 0.2) is 0 Å². The Morgan fingerprint density at radius 3 is 2.50 bits per heavy atom. The second-order valence-corrected chi connectivity index (χ2v) is 2.37. The van der Waals surface area contributed by atoms with Crippen LogP contribution in [-0.4, -0.2) is 19.3 Å². The highest BCUT2D eigenvalue weighted by molar-refractivity contribution is 4.80. The first-order chi connectivity index (χ1) is 3.84. The molecule has 0 aromatic carbocycles. The average Bonchev–Trinajstić information content (AvgIpc) is 2.14. The highest BCUT2D eigenvalue weighted by atomic mass is 16.5. The molecule has 1 unspecified atom stereocenters. The van der Waals surface area contributed by atoms with E-state index in [2.05, 4.69) is 0 Å². The van der Waals surface area contributed by atoms with E-state index >= 15 is 0 Å². The number of nitrogens with two attached hydrogens (primary N) is 1. The van der Waals surface area contributed by atoms with Crippen LogP contribution in [0.3, 0.4) is 0 Å². The van der Waals surface area contributed by atoms with E-state index < -0.39 is 0 Å². The van der Waals surface area contributed by atoms with Crippen LogP contribution in [0.25, 0.3) is 0 Å². The van der Waals surface area contributed by atoms with Gasteiger partial charge in [0.05, 0.1) is 6.10 Å². The minimum Gasteiger partial charge on any atom is -0.380 e. The summed E-state index contributed by atoms with van der Waals surface area (Å²) in [6.45, 7) is 0. The molecule has 0 heterocycles. The molecule has 0 saturated heterocycles. The average molecular weight is 115 g/mol. The zero-order valence-corrected chi connectivity index (χ0v) is 5.26. The molecule has 1 rings (SSSR count). The molecule has 1 saturated carbocycles. The first-order valence-electron chi connectivity index (χ1n) is 3.13. The molecule has 0 aromatic heterocycles. The van der Waals surface area contributed by atoms with Crippen molar-refractivity contribution in [3.05, 3.63) is 0 Å². The quantitative estimate of drug-likeness (QED) is 0.540. The summed E-state index contributed by atoms with van der Waals surface area (Å²) in [7, 11) is 1.73. The lowest BCUT2D eigenvalue weighted by Crippen LogP contribution is -2.30. The van der Waals surface area contributed by atoms with Crippen LogP contribution < -0.4 is 5.73 Å². The molecule has 0 aromatic rings. The van der Waals surface area contributed by atoms with Gasteiger partial charge in [-0.15, -0.1) is 0 Å². The van der Waals surface area contributed by atoms with Crippen molar-refractivity contribution in [3.8, 4) is 0 Å². The Balaban J connectivity index is 2.30. The van der Waals surface area contributed by atoms with Crippen molar-refractivity contribution in [1.82, 2.24) is 0 Å². The van der Waals surface area contributed by atoms with E-state index in [1.54, 1.807) is 7.11 Å². The fraction of sp³-hybridized carbons (Fsp3) is 1.00. The molecule has 1 aliphatic carbocycles. The van der Waals surface area contributed by atoms with Gasteiger partial charge < -0.3 is 10.5 Å². The second-order valence-electron chi connectivity index (χ2n) is 2.37. The van der Waals surface area contributed by atoms with Gasteiger partial charge in [-0.3, -0.25) is 0 Å². The summed E-state index contributed by atoms with van der Waals surface area (Å²) >= 11 is 0. The van der Waals surface area contributed by atoms with Crippen LogP contribution in [0.2, 0.25) is 0 Å². The number of rotatable bonds is 1. The van der Waals surface area contributed by atoms with Crippen LogP contribution in [-0.2, 0) is 4.74 Å². The highest BCUT2D eigenvalue weighted by Gasteiger charge is 2.22. The largest absolute Gasteiger partial charge is 0.380 e. The lowest BCUT2D eigenvalue weighted by atomic mass is 10.2. The van der Waals surface area contributed by atoms with Gasteiger partial charge in [-0.25, -0.2) is 0 Å². The maximum Gasteiger partial charge on any atom is 0.0722 e. The zero-order valence-electron chi connectivity index (χ0n) is 5.26. The number of methoxy groups -OCH3 is 1. The van der Waals surface area contributed by atoms with Gasteiger partial charge in [0, 0.05) is 13.2 Å². The van der Waals surface area contributed by atoms with Crippen molar-refractivity contribution in [2.45, 2.75) is 31.4 Å². The molecule has 0 spiro atoms. The van der Waals surface area contributed by atoms with Crippen molar-refractivity contribution in [3.63, 3.8) is 0 Å². The molecule has 0 aliphatic heterocycles. The number of ether oxygens (including phenoxy) is 1. The fourth-order valence-electron chi connectivity index (χ4n) is 1.25. The molecule has 2 nitrogen and oxygen atoms in total. The van der Waals surface area contributed by atoms with E-state index in [0.717, 1.165) is 12.8 Å². The topological polar surface area (TPSA) is 35.2 Å². The van der Waals surface area contributed by atoms with E-state index in [1.165, 1.54) is 6.42 Å². The van der Waals surface area contributed by atoms with Gasteiger partial charge in [0.25, 0.3) is 0 Å². The molecule has 48 valence electrons. The minimum absolute atomic E-state index is 0.306. The molecule has 2 atom stereocenters. The van der Waals surface area contributed by atoms with Crippen molar-refractivity contribution < 1.29 is 4.74 Å². The van der Waals surface area contributed by atoms with Crippen LogP contribution in [0, 0.1) is 0 Å². The van der Waals surface area contributed by atoms with E-state index in [1.807, 2.05) is 0 Å². The molecule has 8 heavy (non-hydrogen) atoms. The van der Waals surface area contributed by atoms with E-state index in [0.29, 0.717) is 12.1 Å². The van der Waals surface area contributed by atoms with Crippen molar-refractivity contribution in [1.29, 1.82) is 0 Å². The number of hydrogen-bond acceptors (Lipinski definition) is 2. The normalized spacial score (nSPS) is 38.2.